The number of rotatable bonds is 11. The Kier molecular flexibility index (Phi) is 28.5. The predicted octanol–water partition coefficient (Wildman–Crippen LogP) is 3.89. The summed E-state index contributed by atoms with van der Waals surface area (Å²) in [6, 6.07) is -2.68. The highest BCUT2D eigenvalue weighted by atomic mass is 35.5. The van der Waals surface area contributed by atoms with Crippen molar-refractivity contribution < 1.29 is 63.8 Å². The molecule has 0 unspecified atom stereocenters. The van der Waals surface area contributed by atoms with Gasteiger partial charge in [0.05, 0.1) is 24.8 Å². The first-order valence-electron chi connectivity index (χ1n) is 18.8. The number of carboxylic acids is 1. The van der Waals surface area contributed by atoms with Crippen LogP contribution >= 0.6 is 12.4 Å². The van der Waals surface area contributed by atoms with E-state index in [1.165, 1.54) is 21.1 Å². The minimum Gasteiger partial charge on any atom is -0.480 e. The molecule has 0 bridgehead atoms. The van der Waals surface area contributed by atoms with Crippen molar-refractivity contribution >= 4 is 72.4 Å². The molecule has 0 spiro atoms. The molecule has 0 aromatic rings. The van der Waals surface area contributed by atoms with E-state index in [2.05, 4.69) is 15.4 Å². The van der Waals surface area contributed by atoms with Gasteiger partial charge in [-0.15, -0.1) is 12.4 Å². The van der Waals surface area contributed by atoms with Crippen LogP contribution < -0.4 is 21.1 Å². The zero-order valence-corrected chi connectivity index (χ0v) is 43.5. The van der Waals surface area contributed by atoms with Gasteiger partial charge in [-0.1, -0.05) is 62.3 Å². The van der Waals surface area contributed by atoms with E-state index in [9.17, 15) is 49.2 Å². The zero-order chi connectivity index (χ0) is 49.4. The van der Waals surface area contributed by atoms with Gasteiger partial charge in [0.1, 0.15) is 23.3 Å². The summed E-state index contributed by atoms with van der Waals surface area (Å²) in [6.07, 6.45) is 2.65. The molecule has 24 heteroatoms. The number of alkyl carbamates (subject to hydrolysis) is 2. The van der Waals surface area contributed by atoms with Gasteiger partial charge in [0.15, 0.2) is 0 Å². The van der Waals surface area contributed by atoms with Gasteiger partial charge in [-0.25, -0.2) is 53.0 Å². The van der Waals surface area contributed by atoms with Gasteiger partial charge >= 0.3 is 18.2 Å². The van der Waals surface area contributed by atoms with Crippen molar-refractivity contribution in [3.63, 3.8) is 0 Å². The Morgan fingerprint density at radius 1 is 0.574 bits per heavy atom. The summed E-state index contributed by atoms with van der Waals surface area (Å²) < 4.78 is 78.6. The van der Waals surface area contributed by atoms with E-state index in [1.54, 1.807) is 41.5 Å². The number of nitrogens with one attached hydrogen (secondary N) is 3. The Balaban J connectivity index is -0.000000242. The normalized spacial score (nSPS) is 13.8. The number of nitrogens with zero attached hydrogens (tertiary/aromatic N) is 2. The fourth-order valence-electron chi connectivity index (χ4n) is 4.05. The monoisotopic (exact) mass is 962 g/mol. The standard InChI is InChI=1S/C14H28N2O5S.C12H23NO4.C9H20N2O3S.C2H7NO2S.ClH/c1-13(2,3)9-10(11(17)16(7)22(8,19)20)15-12(18)21-14(4,5)6;1-11(2,3)7-8(9(14)15)13-10(16)17-12(4,5)6;1-9(2,3)6-7(10)8(12)11(4)15(5,13)14;1-3-6(2,4)5;/h10H,9H2,1-8H3,(H,15,18);8H,7H2,1-6H3,(H,13,16)(H,14,15);7H,6,10H2,1-5H3;3H,1-2H3;1H/t10-;8-;7-;;/m000../s1. The van der Waals surface area contributed by atoms with Crippen LogP contribution in [0.1, 0.15) is 123 Å². The number of nitrogens with two attached hydrogens (primary N) is 1. The van der Waals surface area contributed by atoms with E-state index in [0.29, 0.717) is 21.5 Å². The molecule has 0 rings (SSSR count). The molecule has 0 heterocycles. The third-order valence-corrected chi connectivity index (χ3v) is 9.84. The quantitative estimate of drug-likeness (QED) is 0.196. The van der Waals surface area contributed by atoms with Crippen molar-refractivity contribution in [2.24, 2.45) is 22.0 Å². The Labute approximate surface area is 373 Å². The lowest BCUT2D eigenvalue weighted by Crippen LogP contribution is -2.51. The SMILES string of the molecule is CC(C)(C)C[C@H](NC(=O)OC(C)(C)C)C(=O)O.CN(C(=O)[C@@H](N)CC(C)(C)C)S(C)(=O)=O.CN(C(=O)[C@H](CC(C)(C)C)NC(=O)OC(C)(C)C)S(C)(=O)=O.CNS(C)(=O)=O.Cl. The van der Waals surface area contributed by atoms with Crippen LogP contribution in [0.15, 0.2) is 0 Å². The maximum absolute atomic E-state index is 12.3. The van der Waals surface area contributed by atoms with E-state index in [4.69, 9.17) is 20.3 Å². The van der Waals surface area contributed by atoms with Crippen LogP contribution in [-0.4, -0.2) is 138 Å². The Morgan fingerprint density at radius 3 is 1.07 bits per heavy atom. The van der Waals surface area contributed by atoms with Gasteiger partial charge in [-0.2, -0.15) is 0 Å². The highest BCUT2D eigenvalue weighted by molar-refractivity contribution is 7.89. The zero-order valence-electron chi connectivity index (χ0n) is 40.2. The van der Waals surface area contributed by atoms with Crippen LogP contribution in [0.2, 0.25) is 0 Å². The summed E-state index contributed by atoms with van der Waals surface area (Å²) >= 11 is 0. The number of halogens is 1. The van der Waals surface area contributed by atoms with Crippen molar-refractivity contribution in [1.29, 1.82) is 0 Å². The lowest BCUT2D eigenvalue weighted by molar-refractivity contribution is -0.140. The maximum Gasteiger partial charge on any atom is 0.408 e. The highest BCUT2D eigenvalue weighted by Gasteiger charge is 2.33. The Bertz CT molecular complexity index is 1740. The van der Waals surface area contributed by atoms with E-state index in [0.717, 1.165) is 18.8 Å². The highest BCUT2D eigenvalue weighted by Crippen LogP contribution is 2.24. The van der Waals surface area contributed by atoms with Gasteiger partial charge in [-0.05, 0) is 84.1 Å². The smallest absolute Gasteiger partial charge is 0.408 e. The van der Waals surface area contributed by atoms with Crippen molar-refractivity contribution in [3.8, 4) is 0 Å². The van der Waals surface area contributed by atoms with E-state index >= 15 is 0 Å². The molecule has 3 atom stereocenters. The molecule has 0 aliphatic rings. The Morgan fingerprint density at radius 2 is 0.836 bits per heavy atom. The third-order valence-electron chi connectivity index (χ3n) is 6.75. The van der Waals surface area contributed by atoms with Crippen LogP contribution in [0.3, 0.4) is 0 Å². The number of aliphatic carboxylic acids is 1. The third kappa shape index (κ3) is 40.8. The van der Waals surface area contributed by atoms with Crippen LogP contribution in [0.4, 0.5) is 9.59 Å². The second-order valence-corrected chi connectivity index (χ2v) is 25.7. The number of amides is 4. The van der Waals surface area contributed by atoms with Gasteiger partial charge in [0.25, 0.3) is 11.8 Å². The molecular weight excluding hydrogens is 884 g/mol. The molecule has 20 nitrogen and oxygen atoms in total. The summed E-state index contributed by atoms with van der Waals surface area (Å²) in [5.74, 6) is -2.30. The summed E-state index contributed by atoms with van der Waals surface area (Å²) in [7, 11) is -6.33. The van der Waals surface area contributed by atoms with Crippen LogP contribution in [0.25, 0.3) is 0 Å². The van der Waals surface area contributed by atoms with Crippen LogP contribution in [0.5, 0.6) is 0 Å². The average molecular weight is 964 g/mol. The van der Waals surface area contributed by atoms with Gasteiger partial charge in [0, 0.05) is 14.1 Å². The number of ether oxygens (including phenoxy) is 2. The maximum atomic E-state index is 12.3. The molecule has 0 aromatic carbocycles. The lowest BCUT2D eigenvalue weighted by atomic mass is 9.88. The van der Waals surface area contributed by atoms with E-state index in [-0.39, 0.29) is 35.1 Å². The topological polar surface area (TPSA) is 295 Å². The summed E-state index contributed by atoms with van der Waals surface area (Å²) in [4.78, 5) is 58.3. The molecule has 4 amide bonds. The van der Waals surface area contributed by atoms with Gasteiger partial charge < -0.3 is 30.9 Å². The summed E-state index contributed by atoms with van der Waals surface area (Å²) in [5, 5.41) is 13.8. The van der Waals surface area contributed by atoms with Gasteiger partial charge in [0.2, 0.25) is 30.1 Å². The van der Waals surface area contributed by atoms with Gasteiger partial charge in [-0.3, -0.25) is 9.59 Å². The first-order chi connectivity index (χ1) is 25.9. The number of hydrogen-bond acceptors (Lipinski definition) is 14. The summed E-state index contributed by atoms with van der Waals surface area (Å²) in [5.41, 5.74) is 3.74. The number of likely N-dealkylation sites (N-methyl/N-ethyl adjacent to an activating group) is 2. The number of carbonyl (C=O) groups excluding carboxylic acids is 4. The number of carboxylic acid groups (broad SMARTS) is 1. The van der Waals surface area contributed by atoms with Crippen molar-refractivity contribution in [3.05, 3.63) is 0 Å². The van der Waals surface area contributed by atoms with Crippen molar-refractivity contribution in [2.75, 3.05) is 39.9 Å². The van der Waals surface area contributed by atoms with E-state index in [1.807, 2.05) is 62.3 Å². The molecule has 61 heavy (non-hydrogen) atoms. The minimum atomic E-state index is -3.68. The molecule has 6 N–H and O–H groups in total. The first kappa shape index (κ1) is 67.1. The first-order valence-corrected chi connectivity index (χ1v) is 24.3. The van der Waals surface area contributed by atoms with Crippen LogP contribution in [0, 0.1) is 16.2 Å². The molecule has 0 saturated carbocycles. The largest absolute Gasteiger partial charge is 0.480 e. The molecule has 0 radical (unpaired) electrons. The fraction of sp³-hybridized carbons (Fsp3) is 0.865. The average Bonchev–Trinajstić information content (AvgIpc) is 2.94. The minimum absolute atomic E-state index is 0. The molecule has 0 fully saturated rings. The fourth-order valence-corrected chi connectivity index (χ4v) is 4.97. The molecule has 0 aliphatic carbocycles. The number of carbonyl (C=O) groups is 5. The molecule has 0 aromatic heterocycles. The van der Waals surface area contributed by atoms with Crippen molar-refractivity contribution in [2.45, 2.75) is 152 Å². The second-order valence-electron chi connectivity index (χ2n) is 19.8. The molecule has 0 saturated heterocycles. The van der Waals surface area contributed by atoms with Crippen molar-refractivity contribution in [1.82, 2.24) is 24.0 Å². The molecule has 366 valence electrons. The number of hydrogen-bond donors (Lipinski definition) is 5. The lowest BCUT2D eigenvalue weighted by Gasteiger charge is -2.29. The predicted molar refractivity (Wildman–Crippen MR) is 241 cm³/mol. The summed E-state index contributed by atoms with van der Waals surface area (Å²) in [6.45, 7) is 27.6. The van der Waals surface area contributed by atoms with E-state index < -0.39 is 89.4 Å². The second kappa shape index (κ2) is 26.0. The van der Waals surface area contributed by atoms with Crippen LogP contribution in [-0.2, 0) is 53.9 Å². The number of sulfonamides is 3. The molecular formula is C37H79ClN6O14S3. The molecule has 0 aliphatic heterocycles. The Hall–Kier alpha value is -2.99.